The summed E-state index contributed by atoms with van der Waals surface area (Å²) in [5.74, 6) is -9.90. The molecule has 0 saturated heterocycles. The van der Waals surface area contributed by atoms with E-state index < -0.39 is 53.3 Å². The zero-order chi connectivity index (χ0) is 24.7. The van der Waals surface area contributed by atoms with Gasteiger partial charge < -0.3 is 5.11 Å². The highest BCUT2D eigenvalue weighted by Crippen LogP contribution is 2.63. The van der Waals surface area contributed by atoms with Crippen molar-refractivity contribution in [3.63, 3.8) is 0 Å². The van der Waals surface area contributed by atoms with Crippen LogP contribution in [0.5, 0.6) is 0 Å². The van der Waals surface area contributed by atoms with Gasteiger partial charge in [0.2, 0.25) is 5.78 Å². The summed E-state index contributed by atoms with van der Waals surface area (Å²) in [5, 5.41) is 30.9. The van der Waals surface area contributed by atoms with Crippen LogP contribution in [0.1, 0.15) is 29.4 Å². The van der Waals surface area contributed by atoms with Crippen molar-refractivity contribution in [1.82, 2.24) is 0 Å². The lowest BCUT2D eigenvalue weighted by Gasteiger charge is -2.53. The minimum Gasteiger partial charge on any atom is -0.380 e. The molecule has 0 aromatic heterocycles. The maximum Gasteiger partial charge on any atom is 0.450 e. The molecular weight excluding hydrogens is 450 g/mol. The van der Waals surface area contributed by atoms with Crippen LogP contribution in [0.15, 0.2) is 60.7 Å². The van der Waals surface area contributed by atoms with Gasteiger partial charge in [0.25, 0.3) is 0 Å². The summed E-state index contributed by atoms with van der Waals surface area (Å²) in [7, 11) is 0. The molecule has 33 heavy (non-hydrogen) atoms. The number of carbonyl (C=O) groups excluding carboxylic acids is 1. The summed E-state index contributed by atoms with van der Waals surface area (Å²) in [4.78, 5) is 12.4. The Bertz CT molecular complexity index is 1090. The van der Waals surface area contributed by atoms with Crippen molar-refractivity contribution in [3.05, 3.63) is 71.8 Å². The lowest BCUT2D eigenvalue weighted by Crippen LogP contribution is -2.65. The normalized spacial score (nSPS) is 27.2. The average molecular weight is 466 g/mol. The molecule has 0 bridgehead atoms. The SMILES string of the molecule is N#CC1(C#N)[C@H](c2ccccc2)C[C@](O)(C(F)(F)F)[C@@H](C(=O)C(F)(F)F)[C@@H]1c1ccccc1. The fourth-order valence-corrected chi connectivity index (χ4v) is 4.69. The van der Waals surface area contributed by atoms with Gasteiger partial charge in [-0.25, -0.2) is 0 Å². The molecule has 0 aliphatic heterocycles. The number of alkyl halides is 6. The van der Waals surface area contributed by atoms with Gasteiger partial charge in [-0.1, -0.05) is 60.7 Å². The highest BCUT2D eigenvalue weighted by Gasteiger charge is 2.74. The van der Waals surface area contributed by atoms with Gasteiger partial charge >= 0.3 is 12.4 Å². The number of rotatable bonds is 3. The van der Waals surface area contributed by atoms with Crippen LogP contribution in [0.4, 0.5) is 26.3 Å². The van der Waals surface area contributed by atoms with Gasteiger partial charge in [0.05, 0.1) is 18.1 Å². The quantitative estimate of drug-likeness (QED) is 0.643. The summed E-state index contributed by atoms with van der Waals surface area (Å²) in [6.45, 7) is 0. The molecule has 4 atom stereocenters. The van der Waals surface area contributed by atoms with E-state index in [1.54, 1.807) is 12.1 Å². The van der Waals surface area contributed by atoms with E-state index in [-0.39, 0.29) is 11.1 Å². The fraction of sp³-hybridized carbons (Fsp3) is 0.348. The van der Waals surface area contributed by atoms with E-state index in [9.17, 15) is 46.8 Å². The summed E-state index contributed by atoms with van der Waals surface area (Å²) in [6.07, 6.45) is -12.9. The number of benzene rings is 2. The third kappa shape index (κ3) is 3.85. The molecule has 4 nitrogen and oxygen atoms in total. The van der Waals surface area contributed by atoms with Gasteiger partial charge in [0.15, 0.2) is 11.0 Å². The Morgan fingerprint density at radius 1 is 0.879 bits per heavy atom. The Morgan fingerprint density at radius 2 is 1.33 bits per heavy atom. The number of carbonyl (C=O) groups is 1. The molecule has 0 heterocycles. The van der Waals surface area contributed by atoms with Gasteiger partial charge in [0.1, 0.15) is 0 Å². The van der Waals surface area contributed by atoms with Crippen molar-refractivity contribution in [2.45, 2.75) is 36.2 Å². The third-order valence-corrected chi connectivity index (χ3v) is 6.19. The van der Waals surface area contributed by atoms with E-state index in [1.165, 1.54) is 48.5 Å². The second-order valence-electron chi connectivity index (χ2n) is 7.91. The molecule has 1 saturated carbocycles. The number of halogens is 6. The van der Waals surface area contributed by atoms with Crippen LogP contribution >= 0.6 is 0 Å². The Balaban J connectivity index is 2.44. The van der Waals surface area contributed by atoms with Crippen LogP contribution in [-0.2, 0) is 4.79 Å². The molecule has 3 rings (SSSR count). The molecule has 0 radical (unpaired) electrons. The molecule has 172 valence electrons. The molecule has 1 aliphatic carbocycles. The molecule has 0 unspecified atom stereocenters. The number of hydrogen-bond acceptors (Lipinski definition) is 4. The van der Waals surface area contributed by atoms with Crippen LogP contribution in [0, 0.1) is 34.0 Å². The molecule has 10 heteroatoms. The molecule has 1 N–H and O–H groups in total. The number of ketones is 1. The minimum atomic E-state index is -5.76. The molecule has 2 aromatic rings. The van der Waals surface area contributed by atoms with Gasteiger partial charge in [0, 0.05) is 11.8 Å². The predicted molar refractivity (Wildman–Crippen MR) is 102 cm³/mol. The first kappa shape index (κ1) is 24.3. The highest BCUT2D eigenvalue weighted by atomic mass is 19.4. The summed E-state index contributed by atoms with van der Waals surface area (Å²) in [6, 6.07) is 16.5. The van der Waals surface area contributed by atoms with Crippen LogP contribution in [-0.4, -0.2) is 28.8 Å². The van der Waals surface area contributed by atoms with Crippen LogP contribution in [0.3, 0.4) is 0 Å². The van der Waals surface area contributed by atoms with E-state index >= 15 is 0 Å². The predicted octanol–water partition coefficient (Wildman–Crippen LogP) is 5.03. The van der Waals surface area contributed by atoms with Crippen molar-refractivity contribution < 1.29 is 36.2 Å². The Morgan fingerprint density at radius 3 is 1.73 bits per heavy atom. The van der Waals surface area contributed by atoms with Gasteiger partial charge in [-0.3, -0.25) is 4.79 Å². The van der Waals surface area contributed by atoms with Gasteiger partial charge in [-0.2, -0.15) is 36.9 Å². The Labute approximate surface area is 184 Å². The number of nitrogens with zero attached hydrogens (tertiary/aromatic N) is 2. The Hall–Kier alpha value is -3.37. The lowest BCUT2D eigenvalue weighted by atomic mass is 9.49. The van der Waals surface area contributed by atoms with E-state index in [2.05, 4.69) is 0 Å². The first-order valence-electron chi connectivity index (χ1n) is 9.66. The van der Waals surface area contributed by atoms with Crippen molar-refractivity contribution in [3.8, 4) is 12.1 Å². The molecule has 2 aromatic carbocycles. The second-order valence-corrected chi connectivity index (χ2v) is 7.91. The van der Waals surface area contributed by atoms with Crippen molar-refractivity contribution >= 4 is 5.78 Å². The number of nitriles is 2. The summed E-state index contributed by atoms with van der Waals surface area (Å²) >= 11 is 0. The standard InChI is InChI=1S/C23H16F6N2O2/c24-22(25,26)19(32)18-17(15-9-5-2-6-10-15)20(12-30,13-31)16(14-7-3-1-4-8-14)11-21(18,33)23(27,28)29/h1-10,16-18,33H,11H2/t16-,17-,18+,21+/m0/s1. The second kappa shape index (κ2) is 8.20. The smallest absolute Gasteiger partial charge is 0.380 e. The summed E-state index contributed by atoms with van der Waals surface area (Å²) < 4.78 is 83.3. The monoisotopic (exact) mass is 466 g/mol. The Kier molecular flexibility index (Phi) is 6.03. The molecule has 0 amide bonds. The molecule has 0 spiro atoms. The van der Waals surface area contributed by atoms with Crippen LogP contribution < -0.4 is 0 Å². The van der Waals surface area contributed by atoms with E-state index in [0.717, 1.165) is 12.1 Å². The van der Waals surface area contributed by atoms with E-state index in [4.69, 9.17) is 0 Å². The zero-order valence-corrected chi connectivity index (χ0v) is 16.7. The fourth-order valence-electron chi connectivity index (χ4n) is 4.69. The minimum absolute atomic E-state index is 0.0436. The maximum atomic E-state index is 14.2. The van der Waals surface area contributed by atoms with Crippen LogP contribution in [0.25, 0.3) is 0 Å². The number of aliphatic hydroxyl groups is 1. The van der Waals surface area contributed by atoms with Crippen LogP contribution in [0.2, 0.25) is 0 Å². The molecule has 1 aliphatic rings. The first-order valence-corrected chi connectivity index (χ1v) is 9.66. The lowest BCUT2D eigenvalue weighted by molar-refractivity contribution is -0.298. The molecule has 1 fully saturated rings. The zero-order valence-electron chi connectivity index (χ0n) is 16.7. The van der Waals surface area contributed by atoms with E-state index in [0.29, 0.717) is 0 Å². The van der Waals surface area contributed by atoms with Crippen molar-refractivity contribution in [2.24, 2.45) is 11.3 Å². The van der Waals surface area contributed by atoms with Gasteiger partial charge in [-0.05, 0) is 17.5 Å². The molecular formula is C23H16F6N2O2. The summed E-state index contributed by atoms with van der Waals surface area (Å²) in [5.41, 5.74) is -6.91. The number of Topliss-reactive ketones (excluding diaryl/α,β-unsaturated/α-hetero) is 1. The topological polar surface area (TPSA) is 84.9 Å². The largest absolute Gasteiger partial charge is 0.450 e. The highest BCUT2D eigenvalue weighted by molar-refractivity contribution is 5.89. The maximum absolute atomic E-state index is 14.2. The van der Waals surface area contributed by atoms with Gasteiger partial charge in [-0.15, -0.1) is 0 Å². The average Bonchev–Trinajstić information content (AvgIpc) is 2.78. The first-order chi connectivity index (χ1) is 15.3. The number of hydrogen-bond donors (Lipinski definition) is 1. The third-order valence-electron chi connectivity index (χ3n) is 6.19. The van der Waals surface area contributed by atoms with Crippen molar-refractivity contribution in [1.29, 1.82) is 10.5 Å². The van der Waals surface area contributed by atoms with E-state index in [1.807, 2.05) is 0 Å². The van der Waals surface area contributed by atoms with Crippen molar-refractivity contribution in [2.75, 3.05) is 0 Å².